The Morgan fingerprint density at radius 1 is 1.07 bits per heavy atom. The summed E-state index contributed by atoms with van der Waals surface area (Å²) in [6, 6.07) is 0. The first-order valence-electron chi connectivity index (χ1n) is 17.8. The molecule has 7 atom stereocenters. The number of ketones is 1. The molecule has 0 spiro atoms. The first kappa shape index (κ1) is 34.4. The molecule has 0 aromatic heterocycles. The molecule has 4 aliphatic carbocycles. The minimum absolute atomic E-state index is 0.0495. The Morgan fingerprint density at radius 2 is 1.81 bits per heavy atom. The molecular weight excluding hydrogens is 532 g/mol. The van der Waals surface area contributed by atoms with E-state index in [1.54, 1.807) is 0 Å². The number of carbonyl (C=O) groups excluding carboxylic acids is 1. The zero-order chi connectivity index (χ0) is 31.0. The number of ether oxygens (including phenoxy) is 1. The molecule has 0 bridgehead atoms. The van der Waals surface area contributed by atoms with E-state index < -0.39 is 12.2 Å². The Labute approximate surface area is 263 Å². The standard InChI is InChI=1S/C39H62O4/c1-6-7-8-9-10-11-14-37(42)39(24-25-39)23-21-33(43-5)18-15-28(2)34-19-20-35-30(13-12-22-38(34,35)4)16-17-31-26-32(40)27-36(41)29(31)3/h15-18,28,32-36,40-41H,3,6-14,19-27H2,1-2,4-5H3/b18-15+,30-16+,31-17-/t28-,32-,33-,34-,35+,36+,38-/m1/s1. The minimum atomic E-state index is -0.634. The number of aliphatic hydroxyl groups excluding tert-OH is 2. The largest absolute Gasteiger partial charge is 0.393 e. The molecule has 43 heavy (non-hydrogen) atoms. The third-order valence-corrected chi connectivity index (χ3v) is 12.0. The van der Waals surface area contributed by atoms with Gasteiger partial charge in [-0.3, -0.25) is 4.79 Å². The lowest BCUT2D eigenvalue weighted by atomic mass is 9.61. The summed E-state index contributed by atoms with van der Waals surface area (Å²) in [4.78, 5) is 13.0. The smallest absolute Gasteiger partial charge is 0.139 e. The van der Waals surface area contributed by atoms with Crippen LogP contribution in [0.3, 0.4) is 0 Å². The molecule has 0 saturated heterocycles. The molecule has 4 rings (SSSR count). The Kier molecular flexibility index (Phi) is 12.5. The molecule has 0 amide bonds. The number of Topliss-reactive ketones (excluding diaryl/α,β-unsaturated/α-hetero) is 1. The second-order valence-electron chi connectivity index (χ2n) is 14.9. The van der Waals surface area contributed by atoms with Gasteiger partial charge in [0.2, 0.25) is 0 Å². The average Bonchev–Trinajstić information content (AvgIpc) is 3.69. The third-order valence-electron chi connectivity index (χ3n) is 12.0. The van der Waals surface area contributed by atoms with E-state index in [2.05, 4.69) is 51.7 Å². The molecule has 0 aromatic rings. The van der Waals surface area contributed by atoms with Gasteiger partial charge in [-0.25, -0.2) is 0 Å². The van der Waals surface area contributed by atoms with E-state index in [4.69, 9.17) is 4.74 Å². The van der Waals surface area contributed by atoms with Crippen LogP contribution in [0.25, 0.3) is 0 Å². The summed E-state index contributed by atoms with van der Waals surface area (Å²) < 4.78 is 5.91. The van der Waals surface area contributed by atoms with E-state index in [0.717, 1.165) is 56.1 Å². The first-order chi connectivity index (χ1) is 20.6. The molecule has 0 aliphatic heterocycles. The van der Waals surface area contributed by atoms with Gasteiger partial charge in [0.15, 0.2) is 0 Å². The quantitative estimate of drug-likeness (QED) is 0.138. The summed E-state index contributed by atoms with van der Waals surface area (Å²) in [5.74, 6) is 2.23. The first-order valence-corrected chi connectivity index (χ1v) is 17.8. The van der Waals surface area contributed by atoms with Crippen LogP contribution in [-0.2, 0) is 9.53 Å². The highest BCUT2D eigenvalue weighted by molar-refractivity contribution is 5.87. The molecule has 0 aromatic carbocycles. The lowest BCUT2D eigenvalue weighted by molar-refractivity contribution is -0.124. The maximum absolute atomic E-state index is 13.0. The van der Waals surface area contributed by atoms with Gasteiger partial charge in [0.25, 0.3) is 0 Å². The van der Waals surface area contributed by atoms with Gasteiger partial charge < -0.3 is 14.9 Å². The van der Waals surface area contributed by atoms with Crippen LogP contribution in [0.4, 0.5) is 0 Å². The predicted molar refractivity (Wildman–Crippen MR) is 178 cm³/mol. The van der Waals surface area contributed by atoms with E-state index in [1.165, 1.54) is 63.4 Å². The van der Waals surface area contributed by atoms with Crippen LogP contribution in [0.15, 0.2) is 47.6 Å². The van der Waals surface area contributed by atoms with Gasteiger partial charge in [0, 0.05) is 25.4 Å². The normalized spacial score (nSPS) is 33.7. The Hall–Kier alpha value is -1.49. The summed E-state index contributed by atoms with van der Waals surface area (Å²) in [5.41, 5.74) is 3.55. The molecular formula is C39H62O4. The lowest BCUT2D eigenvalue weighted by Crippen LogP contribution is -2.35. The van der Waals surface area contributed by atoms with Gasteiger partial charge in [-0.15, -0.1) is 0 Å². The monoisotopic (exact) mass is 594 g/mol. The van der Waals surface area contributed by atoms with Crippen molar-refractivity contribution in [3.63, 3.8) is 0 Å². The number of methoxy groups -OCH3 is 1. The number of hydrogen-bond acceptors (Lipinski definition) is 4. The van der Waals surface area contributed by atoms with Crippen molar-refractivity contribution in [2.45, 2.75) is 155 Å². The van der Waals surface area contributed by atoms with Crippen molar-refractivity contribution in [2.24, 2.45) is 28.6 Å². The molecule has 242 valence electrons. The van der Waals surface area contributed by atoms with Crippen molar-refractivity contribution in [3.8, 4) is 0 Å². The van der Waals surface area contributed by atoms with E-state index in [0.29, 0.717) is 41.8 Å². The van der Waals surface area contributed by atoms with Crippen molar-refractivity contribution < 1.29 is 19.7 Å². The van der Waals surface area contributed by atoms with Crippen LogP contribution in [0, 0.1) is 28.6 Å². The Balaban J connectivity index is 1.30. The van der Waals surface area contributed by atoms with Gasteiger partial charge in [0.1, 0.15) is 5.78 Å². The maximum Gasteiger partial charge on any atom is 0.139 e. The zero-order valence-electron chi connectivity index (χ0n) is 27.9. The van der Waals surface area contributed by atoms with Crippen molar-refractivity contribution in [2.75, 3.05) is 7.11 Å². The van der Waals surface area contributed by atoms with Crippen LogP contribution in [0.2, 0.25) is 0 Å². The fourth-order valence-corrected chi connectivity index (χ4v) is 8.90. The molecule has 4 aliphatic rings. The molecule has 0 unspecified atom stereocenters. The number of carbonyl (C=O) groups is 1. The van der Waals surface area contributed by atoms with Crippen LogP contribution < -0.4 is 0 Å². The van der Waals surface area contributed by atoms with Crippen LogP contribution >= 0.6 is 0 Å². The van der Waals surface area contributed by atoms with Crippen molar-refractivity contribution >= 4 is 5.78 Å². The summed E-state index contributed by atoms with van der Waals surface area (Å²) in [6.07, 6.45) is 27.4. The molecule has 2 N–H and O–H groups in total. The molecule has 4 saturated carbocycles. The summed E-state index contributed by atoms with van der Waals surface area (Å²) in [5, 5.41) is 20.4. The maximum atomic E-state index is 13.0. The third kappa shape index (κ3) is 8.61. The van der Waals surface area contributed by atoms with E-state index in [-0.39, 0.29) is 11.5 Å². The van der Waals surface area contributed by atoms with Crippen LogP contribution in [0.5, 0.6) is 0 Å². The van der Waals surface area contributed by atoms with Crippen molar-refractivity contribution in [3.05, 3.63) is 47.6 Å². The second kappa shape index (κ2) is 15.7. The molecule has 4 nitrogen and oxygen atoms in total. The minimum Gasteiger partial charge on any atom is -0.393 e. The highest BCUT2D eigenvalue weighted by atomic mass is 16.5. The van der Waals surface area contributed by atoms with E-state index >= 15 is 0 Å². The highest BCUT2D eigenvalue weighted by Crippen LogP contribution is 2.59. The van der Waals surface area contributed by atoms with Gasteiger partial charge in [-0.1, -0.05) is 89.3 Å². The fourth-order valence-electron chi connectivity index (χ4n) is 8.90. The van der Waals surface area contributed by atoms with E-state index in [1.807, 2.05) is 7.11 Å². The van der Waals surface area contributed by atoms with Crippen LogP contribution in [-0.4, -0.2) is 41.4 Å². The summed E-state index contributed by atoms with van der Waals surface area (Å²) >= 11 is 0. The van der Waals surface area contributed by atoms with Crippen molar-refractivity contribution in [1.82, 2.24) is 0 Å². The van der Waals surface area contributed by atoms with Gasteiger partial charge in [-0.05, 0) is 105 Å². The van der Waals surface area contributed by atoms with Crippen molar-refractivity contribution in [1.29, 1.82) is 0 Å². The summed E-state index contributed by atoms with van der Waals surface area (Å²) in [6.45, 7) is 11.3. The number of allylic oxidation sites excluding steroid dienone is 4. The number of rotatable bonds is 16. The molecule has 0 radical (unpaired) electrons. The molecule has 0 heterocycles. The fraction of sp³-hybridized carbons (Fsp3) is 0.769. The Morgan fingerprint density at radius 3 is 2.53 bits per heavy atom. The Bertz CT molecular complexity index is 1030. The topological polar surface area (TPSA) is 66.8 Å². The molecule has 4 heteroatoms. The number of unbranched alkanes of at least 4 members (excludes halogenated alkanes) is 5. The zero-order valence-corrected chi connectivity index (χ0v) is 27.9. The van der Waals surface area contributed by atoms with Gasteiger partial charge >= 0.3 is 0 Å². The number of fused-ring (bicyclic) bond motifs is 1. The lowest BCUT2D eigenvalue weighted by Gasteiger charge is -2.44. The highest BCUT2D eigenvalue weighted by Gasteiger charge is 2.50. The second-order valence-corrected chi connectivity index (χ2v) is 14.9. The van der Waals surface area contributed by atoms with E-state index in [9.17, 15) is 15.0 Å². The SMILES string of the molecule is C=C1/C(=C\C=C2/CCC[C@]3(C)[C@@H]([C@H](C)/C=C/[C@H](CCC4(C(=O)CCCCCCCC)CC4)OC)CC[C@@H]23)C[C@@H](O)C[C@@H]1O. The predicted octanol–water partition coefficient (Wildman–Crippen LogP) is 9.21. The van der Waals surface area contributed by atoms with Gasteiger partial charge in [-0.2, -0.15) is 0 Å². The number of aliphatic hydroxyl groups is 2. The average molecular weight is 595 g/mol. The summed E-state index contributed by atoms with van der Waals surface area (Å²) in [7, 11) is 1.82. The van der Waals surface area contributed by atoms with Crippen LogP contribution in [0.1, 0.15) is 136 Å². The number of hydrogen-bond donors (Lipinski definition) is 2. The van der Waals surface area contributed by atoms with Gasteiger partial charge in [0.05, 0.1) is 18.3 Å². The molecule has 4 fully saturated rings.